The second-order valence-electron chi connectivity index (χ2n) is 5.77. The van der Waals surface area contributed by atoms with Crippen LogP contribution in [0.2, 0.25) is 0 Å². The second-order valence-corrected chi connectivity index (χ2v) is 6.63. The Bertz CT molecular complexity index is 724. The fourth-order valence-corrected chi connectivity index (χ4v) is 3.62. The lowest BCUT2D eigenvalue weighted by atomic mass is 10.2. The van der Waals surface area contributed by atoms with Crippen molar-refractivity contribution in [2.75, 3.05) is 6.54 Å². The van der Waals surface area contributed by atoms with Crippen molar-refractivity contribution in [2.24, 2.45) is 0 Å². The maximum atomic E-state index is 12.3. The first kappa shape index (κ1) is 15.7. The zero-order valence-corrected chi connectivity index (χ0v) is 13.7. The number of rotatable bonds is 4. The van der Waals surface area contributed by atoms with Gasteiger partial charge in [-0.05, 0) is 19.8 Å². The Labute approximate surface area is 138 Å². The summed E-state index contributed by atoms with van der Waals surface area (Å²) in [6.07, 6.45) is 1.44. The van der Waals surface area contributed by atoms with E-state index >= 15 is 0 Å². The predicted octanol–water partition coefficient (Wildman–Crippen LogP) is 2.74. The van der Waals surface area contributed by atoms with Crippen LogP contribution in [-0.4, -0.2) is 39.5 Å². The molecular formula is C17H18N2O3S. The Kier molecular flexibility index (Phi) is 4.43. The largest absolute Gasteiger partial charge is 0.480 e. The number of aromatic nitrogens is 1. The molecule has 2 heterocycles. The summed E-state index contributed by atoms with van der Waals surface area (Å²) in [5, 5.41) is 11.9. The van der Waals surface area contributed by atoms with Gasteiger partial charge in [-0.3, -0.25) is 4.79 Å². The van der Waals surface area contributed by atoms with Crippen molar-refractivity contribution in [3.8, 4) is 10.6 Å². The number of hydrogen-bond donors (Lipinski definition) is 1. The molecule has 1 aliphatic rings. The summed E-state index contributed by atoms with van der Waals surface area (Å²) in [5.74, 6) is -1.08. The molecule has 0 saturated carbocycles. The summed E-state index contributed by atoms with van der Waals surface area (Å²) in [7, 11) is 0. The molecule has 1 aliphatic heterocycles. The molecule has 1 aromatic heterocycles. The average Bonchev–Trinajstić information content (AvgIpc) is 3.16. The molecule has 1 atom stereocenters. The lowest BCUT2D eigenvalue weighted by Crippen LogP contribution is -2.41. The maximum absolute atomic E-state index is 12.3. The van der Waals surface area contributed by atoms with Crippen molar-refractivity contribution in [3.05, 3.63) is 40.9 Å². The number of carboxylic acids is 1. The lowest BCUT2D eigenvalue weighted by Gasteiger charge is -2.20. The van der Waals surface area contributed by atoms with Gasteiger partial charge in [-0.1, -0.05) is 29.8 Å². The molecule has 0 radical (unpaired) electrons. The highest BCUT2D eigenvalue weighted by molar-refractivity contribution is 7.13. The molecule has 0 bridgehead atoms. The Hall–Kier alpha value is -2.21. The van der Waals surface area contributed by atoms with E-state index in [4.69, 9.17) is 5.11 Å². The Morgan fingerprint density at radius 1 is 1.35 bits per heavy atom. The van der Waals surface area contributed by atoms with Crippen molar-refractivity contribution < 1.29 is 14.7 Å². The number of carbonyl (C=O) groups is 2. The van der Waals surface area contributed by atoms with E-state index in [1.807, 2.05) is 36.6 Å². The molecular weight excluding hydrogens is 312 g/mol. The summed E-state index contributed by atoms with van der Waals surface area (Å²) in [6.45, 7) is 2.55. The Morgan fingerprint density at radius 2 is 2.09 bits per heavy atom. The molecule has 5 nitrogen and oxygen atoms in total. The van der Waals surface area contributed by atoms with Crippen molar-refractivity contribution in [2.45, 2.75) is 32.2 Å². The van der Waals surface area contributed by atoms with Crippen molar-refractivity contribution in [1.82, 2.24) is 9.88 Å². The molecule has 0 spiro atoms. The first-order valence-corrected chi connectivity index (χ1v) is 8.46. The van der Waals surface area contributed by atoms with Crippen LogP contribution in [0.25, 0.3) is 10.6 Å². The molecule has 1 fully saturated rings. The standard InChI is InChI=1S/C17H18N2O3S/c1-11-4-6-12(7-5-11)16-18-13(10-23-16)9-15(20)19-8-2-3-14(19)17(21)22/h4-7,10,14H,2-3,8-9H2,1H3,(H,21,22)/t14-/m1/s1. The summed E-state index contributed by atoms with van der Waals surface area (Å²) < 4.78 is 0. The summed E-state index contributed by atoms with van der Waals surface area (Å²) >= 11 is 1.50. The molecule has 6 heteroatoms. The highest BCUT2D eigenvalue weighted by atomic mass is 32.1. The number of benzene rings is 1. The van der Waals surface area contributed by atoms with Crippen LogP contribution in [-0.2, 0) is 16.0 Å². The summed E-state index contributed by atoms with van der Waals surface area (Å²) in [5.41, 5.74) is 2.92. The van der Waals surface area contributed by atoms with Gasteiger partial charge in [0.05, 0.1) is 12.1 Å². The fourth-order valence-electron chi connectivity index (χ4n) is 2.80. The van der Waals surface area contributed by atoms with Crippen molar-refractivity contribution >= 4 is 23.2 Å². The number of aryl methyl sites for hydroxylation is 1. The first-order chi connectivity index (χ1) is 11.0. The van der Waals surface area contributed by atoms with Gasteiger partial charge in [0.15, 0.2) is 0 Å². The summed E-state index contributed by atoms with van der Waals surface area (Å²) in [4.78, 5) is 29.5. The minimum atomic E-state index is -0.922. The minimum Gasteiger partial charge on any atom is -0.480 e. The van der Waals surface area contributed by atoms with E-state index in [0.717, 1.165) is 17.0 Å². The third-order valence-corrected chi connectivity index (χ3v) is 4.98. The number of thiazole rings is 1. The number of carbonyl (C=O) groups excluding carboxylic acids is 1. The first-order valence-electron chi connectivity index (χ1n) is 7.58. The van der Waals surface area contributed by atoms with E-state index in [2.05, 4.69) is 4.98 Å². The zero-order chi connectivity index (χ0) is 16.4. The molecule has 3 rings (SSSR count). The third kappa shape index (κ3) is 3.42. The molecule has 1 aromatic carbocycles. The Morgan fingerprint density at radius 3 is 2.78 bits per heavy atom. The van der Waals surface area contributed by atoms with Crippen molar-refractivity contribution in [3.63, 3.8) is 0 Å². The lowest BCUT2D eigenvalue weighted by molar-refractivity contribution is -0.148. The quantitative estimate of drug-likeness (QED) is 0.936. The normalized spacial score (nSPS) is 17.4. The molecule has 0 aliphatic carbocycles. The summed E-state index contributed by atoms with van der Waals surface area (Å²) in [6, 6.07) is 7.41. The van der Waals surface area contributed by atoms with Gasteiger partial charge in [0, 0.05) is 17.5 Å². The second kappa shape index (κ2) is 6.50. The number of hydrogen-bond acceptors (Lipinski definition) is 4. The van der Waals surface area contributed by atoms with Crippen LogP contribution in [0.4, 0.5) is 0 Å². The molecule has 0 unspecified atom stereocenters. The SMILES string of the molecule is Cc1ccc(-c2nc(CC(=O)N3CCC[C@@H]3C(=O)O)cs2)cc1. The smallest absolute Gasteiger partial charge is 0.326 e. The Balaban J connectivity index is 1.70. The molecule has 1 amide bonds. The monoisotopic (exact) mass is 330 g/mol. The van der Waals surface area contributed by atoms with Gasteiger partial charge in [0.2, 0.25) is 5.91 Å². The van der Waals surface area contributed by atoms with Crippen LogP contribution >= 0.6 is 11.3 Å². The molecule has 2 aromatic rings. The highest BCUT2D eigenvalue weighted by Crippen LogP contribution is 2.25. The third-order valence-electron chi connectivity index (χ3n) is 4.04. The number of carboxylic acid groups (broad SMARTS) is 1. The molecule has 120 valence electrons. The molecule has 1 saturated heterocycles. The topological polar surface area (TPSA) is 70.5 Å². The number of nitrogens with zero attached hydrogens (tertiary/aromatic N) is 2. The van der Waals surface area contributed by atoms with E-state index in [9.17, 15) is 9.59 Å². The van der Waals surface area contributed by atoms with E-state index < -0.39 is 12.0 Å². The average molecular weight is 330 g/mol. The molecule has 23 heavy (non-hydrogen) atoms. The number of amides is 1. The molecule has 1 N–H and O–H groups in total. The van der Waals surface area contributed by atoms with Gasteiger partial charge in [-0.25, -0.2) is 9.78 Å². The van der Waals surface area contributed by atoms with Crippen LogP contribution in [0.5, 0.6) is 0 Å². The predicted molar refractivity (Wildman–Crippen MR) is 88.4 cm³/mol. The van der Waals surface area contributed by atoms with Gasteiger partial charge < -0.3 is 10.0 Å². The van der Waals surface area contributed by atoms with Crippen LogP contribution in [0, 0.1) is 6.92 Å². The number of likely N-dealkylation sites (tertiary alicyclic amines) is 1. The van der Waals surface area contributed by atoms with Crippen LogP contribution in [0.3, 0.4) is 0 Å². The van der Waals surface area contributed by atoms with Gasteiger partial charge in [0.25, 0.3) is 0 Å². The van der Waals surface area contributed by atoms with E-state index in [1.54, 1.807) is 0 Å². The van der Waals surface area contributed by atoms with Crippen LogP contribution < -0.4 is 0 Å². The minimum absolute atomic E-state index is 0.157. The zero-order valence-electron chi connectivity index (χ0n) is 12.9. The van der Waals surface area contributed by atoms with Gasteiger partial charge in [-0.2, -0.15) is 0 Å². The van der Waals surface area contributed by atoms with Gasteiger partial charge in [0.1, 0.15) is 11.0 Å². The highest BCUT2D eigenvalue weighted by Gasteiger charge is 2.33. The van der Waals surface area contributed by atoms with E-state index in [0.29, 0.717) is 18.7 Å². The van der Waals surface area contributed by atoms with Crippen LogP contribution in [0.1, 0.15) is 24.1 Å². The number of aliphatic carboxylic acids is 1. The van der Waals surface area contributed by atoms with Crippen molar-refractivity contribution in [1.29, 1.82) is 0 Å². The van der Waals surface area contributed by atoms with E-state index in [1.165, 1.54) is 21.8 Å². The van der Waals surface area contributed by atoms with E-state index in [-0.39, 0.29) is 12.3 Å². The van der Waals surface area contributed by atoms with Crippen LogP contribution in [0.15, 0.2) is 29.6 Å². The fraction of sp³-hybridized carbons (Fsp3) is 0.353. The maximum Gasteiger partial charge on any atom is 0.326 e. The van der Waals surface area contributed by atoms with Gasteiger partial charge >= 0.3 is 5.97 Å². The van der Waals surface area contributed by atoms with Gasteiger partial charge in [-0.15, -0.1) is 11.3 Å².